The van der Waals surface area contributed by atoms with Crippen molar-refractivity contribution >= 4 is 29.3 Å². The van der Waals surface area contributed by atoms with E-state index in [1.165, 1.54) is 11.8 Å². The molecule has 1 heterocycles. The van der Waals surface area contributed by atoms with E-state index in [1.54, 1.807) is 10.6 Å². The van der Waals surface area contributed by atoms with E-state index in [2.05, 4.69) is 20.8 Å². The third-order valence-electron chi connectivity index (χ3n) is 4.61. The summed E-state index contributed by atoms with van der Waals surface area (Å²) >= 11 is 1.30. The molecule has 156 valence electrons. The quantitative estimate of drug-likeness (QED) is 0.569. The molecule has 0 radical (unpaired) electrons. The van der Waals surface area contributed by atoms with E-state index >= 15 is 0 Å². The summed E-state index contributed by atoms with van der Waals surface area (Å²) < 4.78 is 1.78. The van der Waals surface area contributed by atoms with Crippen LogP contribution in [0.3, 0.4) is 0 Å². The molecule has 7 nitrogen and oxygen atoms in total. The third-order valence-corrected chi connectivity index (χ3v) is 5.63. The number of amides is 2. The van der Waals surface area contributed by atoms with Crippen molar-refractivity contribution in [3.8, 4) is 0 Å². The Balaban J connectivity index is 1.54. The molecule has 8 heteroatoms. The van der Waals surface area contributed by atoms with Gasteiger partial charge in [-0.15, -0.1) is 10.2 Å². The van der Waals surface area contributed by atoms with Gasteiger partial charge in [-0.2, -0.15) is 0 Å². The molecule has 0 aliphatic heterocycles. The molecule has 3 aromatic rings. The maximum atomic E-state index is 12.3. The van der Waals surface area contributed by atoms with Gasteiger partial charge in [-0.25, -0.2) is 0 Å². The molecule has 2 amide bonds. The Morgan fingerprint density at radius 3 is 2.57 bits per heavy atom. The van der Waals surface area contributed by atoms with E-state index in [1.807, 2.05) is 64.2 Å². The molecule has 1 aromatic heterocycles. The van der Waals surface area contributed by atoms with E-state index in [9.17, 15) is 9.59 Å². The van der Waals surface area contributed by atoms with Crippen molar-refractivity contribution in [1.82, 2.24) is 20.1 Å². The highest BCUT2D eigenvalue weighted by Crippen LogP contribution is 2.19. The maximum absolute atomic E-state index is 12.3. The molecule has 0 atom stereocenters. The summed E-state index contributed by atoms with van der Waals surface area (Å²) in [4.78, 5) is 24.6. The summed E-state index contributed by atoms with van der Waals surface area (Å²) in [6.07, 6.45) is 0. The molecule has 2 N–H and O–H groups in total. The minimum atomic E-state index is -0.163. The zero-order chi connectivity index (χ0) is 21.7. The lowest BCUT2D eigenvalue weighted by molar-refractivity contribution is -0.113. The van der Waals surface area contributed by atoms with Crippen LogP contribution >= 0.6 is 11.8 Å². The Kier molecular flexibility index (Phi) is 6.89. The van der Waals surface area contributed by atoms with Crippen LogP contribution in [0, 0.1) is 20.8 Å². The Bertz CT molecular complexity index is 1080. The molecule has 0 saturated heterocycles. The van der Waals surface area contributed by atoms with Crippen LogP contribution in [-0.2, 0) is 18.4 Å². The topological polar surface area (TPSA) is 88.9 Å². The second-order valence-corrected chi connectivity index (χ2v) is 8.11. The van der Waals surface area contributed by atoms with Gasteiger partial charge in [-0.1, -0.05) is 41.6 Å². The average Bonchev–Trinajstić information content (AvgIpc) is 3.07. The fourth-order valence-electron chi connectivity index (χ4n) is 2.86. The maximum Gasteiger partial charge on any atom is 0.251 e. The molecule has 30 heavy (non-hydrogen) atoms. The van der Waals surface area contributed by atoms with Gasteiger partial charge in [0.1, 0.15) is 0 Å². The Labute approximate surface area is 180 Å². The number of carbonyl (C=O) groups is 2. The van der Waals surface area contributed by atoms with Crippen LogP contribution in [0.4, 0.5) is 5.69 Å². The molecule has 0 unspecified atom stereocenters. The summed E-state index contributed by atoms with van der Waals surface area (Å²) in [6, 6.07) is 13.4. The van der Waals surface area contributed by atoms with Gasteiger partial charge < -0.3 is 15.2 Å². The molecule has 0 spiro atoms. The molecule has 0 aliphatic carbocycles. The summed E-state index contributed by atoms with van der Waals surface area (Å²) in [5, 5.41) is 14.7. The summed E-state index contributed by atoms with van der Waals surface area (Å²) in [5.74, 6) is 0.567. The van der Waals surface area contributed by atoms with Gasteiger partial charge in [0.15, 0.2) is 11.0 Å². The average molecular weight is 424 g/mol. The zero-order valence-electron chi connectivity index (χ0n) is 17.5. The van der Waals surface area contributed by atoms with Crippen molar-refractivity contribution in [2.75, 3.05) is 11.1 Å². The lowest BCUT2D eigenvalue weighted by Gasteiger charge is -2.09. The van der Waals surface area contributed by atoms with Crippen molar-refractivity contribution in [3.05, 3.63) is 70.5 Å². The van der Waals surface area contributed by atoms with Gasteiger partial charge >= 0.3 is 0 Å². The Morgan fingerprint density at radius 2 is 1.80 bits per heavy atom. The number of hydrogen-bond donors (Lipinski definition) is 2. The molecule has 0 bridgehead atoms. The fraction of sp³-hybridized carbons (Fsp3) is 0.273. The zero-order valence-corrected chi connectivity index (χ0v) is 18.3. The summed E-state index contributed by atoms with van der Waals surface area (Å²) in [7, 11) is 1.82. The number of nitrogens with one attached hydrogen (secondary N) is 2. The Morgan fingerprint density at radius 1 is 1.03 bits per heavy atom. The normalized spacial score (nSPS) is 10.7. The standard InChI is InChI=1S/C22H25N5O2S/c1-14-6-5-7-17(10-14)21(29)23-12-19-25-26-22(27(19)4)30-13-20(28)24-18-11-15(2)8-9-16(18)3/h5-11H,12-13H2,1-4H3,(H,23,29)(H,24,28). The van der Waals surface area contributed by atoms with E-state index in [0.29, 0.717) is 16.5 Å². The van der Waals surface area contributed by atoms with Gasteiger partial charge in [0.25, 0.3) is 5.91 Å². The molecular formula is C22H25N5O2S. The highest BCUT2D eigenvalue weighted by atomic mass is 32.2. The van der Waals surface area contributed by atoms with Crippen LogP contribution < -0.4 is 10.6 Å². The first-order valence-electron chi connectivity index (χ1n) is 9.56. The van der Waals surface area contributed by atoms with Crippen molar-refractivity contribution in [2.45, 2.75) is 32.5 Å². The predicted octanol–water partition coefficient (Wildman–Crippen LogP) is 3.40. The molecule has 0 saturated carbocycles. The first kappa shape index (κ1) is 21.6. The van der Waals surface area contributed by atoms with Gasteiger partial charge in [-0.05, 0) is 50.1 Å². The van der Waals surface area contributed by atoms with Crippen LogP contribution in [0.2, 0.25) is 0 Å². The number of carbonyl (C=O) groups excluding carboxylic acids is 2. The number of aromatic nitrogens is 3. The number of anilines is 1. The number of hydrogen-bond acceptors (Lipinski definition) is 5. The van der Waals surface area contributed by atoms with Crippen LogP contribution in [0.15, 0.2) is 47.6 Å². The lowest BCUT2D eigenvalue weighted by atomic mass is 10.1. The third kappa shape index (κ3) is 5.48. The highest BCUT2D eigenvalue weighted by molar-refractivity contribution is 7.99. The van der Waals surface area contributed by atoms with Crippen LogP contribution in [-0.4, -0.2) is 32.3 Å². The smallest absolute Gasteiger partial charge is 0.251 e. The SMILES string of the molecule is Cc1cccc(C(=O)NCc2nnc(SCC(=O)Nc3cc(C)ccc3C)n2C)c1. The Hall–Kier alpha value is -3.13. The van der Waals surface area contributed by atoms with Gasteiger partial charge in [-0.3, -0.25) is 9.59 Å². The number of nitrogens with zero attached hydrogens (tertiary/aromatic N) is 3. The second-order valence-electron chi connectivity index (χ2n) is 7.17. The van der Waals surface area contributed by atoms with Crippen molar-refractivity contribution < 1.29 is 9.59 Å². The molecule has 0 aliphatic rings. The first-order chi connectivity index (χ1) is 14.3. The van der Waals surface area contributed by atoms with Crippen molar-refractivity contribution in [2.24, 2.45) is 7.05 Å². The van der Waals surface area contributed by atoms with Crippen LogP contribution in [0.5, 0.6) is 0 Å². The number of thioether (sulfide) groups is 1. The largest absolute Gasteiger partial charge is 0.345 e. The fourth-order valence-corrected chi connectivity index (χ4v) is 3.59. The summed E-state index contributed by atoms with van der Waals surface area (Å²) in [6.45, 7) is 6.15. The number of benzene rings is 2. The molecule has 2 aromatic carbocycles. The van der Waals surface area contributed by atoms with Gasteiger partial charge in [0.2, 0.25) is 5.91 Å². The minimum absolute atomic E-state index is 0.106. The predicted molar refractivity (Wildman–Crippen MR) is 119 cm³/mol. The number of rotatable bonds is 7. The molecule has 0 fully saturated rings. The van der Waals surface area contributed by atoms with E-state index in [0.717, 1.165) is 22.4 Å². The monoisotopic (exact) mass is 423 g/mol. The van der Waals surface area contributed by atoms with Crippen molar-refractivity contribution in [3.63, 3.8) is 0 Å². The minimum Gasteiger partial charge on any atom is -0.345 e. The summed E-state index contributed by atoms with van der Waals surface area (Å²) in [5.41, 5.74) is 4.56. The second kappa shape index (κ2) is 9.58. The van der Waals surface area contributed by atoms with E-state index in [-0.39, 0.29) is 24.1 Å². The van der Waals surface area contributed by atoms with Crippen LogP contribution in [0.1, 0.15) is 32.9 Å². The van der Waals surface area contributed by atoms with E-state index < -0.39 is 0 Å². The first-order valence-corrected chi connectivity index (χ1v) is 10.5. The van der Waals surface area contributed by atoms with Gasteiger partial charge in [0, 0.05) is 18.3 Å². The highest BCUT2D eigenvalue weighted by Gasteiger charge is 2.13. The molecule has 3 rings (SSSR count). The van der Waals surface area contributed by atoms with Crippen molar-refractivity contribution in [1.29, 1.82) is 0 Å². The molecular weight excluding hydrogens is 398 g/mol. The lowest BCUT2D eigenvalue weighted by Crippen LogP contribution is -2.24. The van der Waals surface area contributed by atoms with E-state index in [4.69, 9.17) is 0 Å². The number of aryl methyl sites for hydroxylation is 3. The van der Waals surface area contributed by atoms with Crippen LogP contribution in [0.25, 0.3) is 0 Å². The van der Waals surface area contributed by atoms with Gasteiger partial charge in [0.05, 0.1) is 12.3 Å².